The average molecular weight is 508 g/mol. The van der Waals surface area contributed by atoms with Crippen molar-refractivity contribution >= 4 is 43.2 Å². The summed E-state index contributed by atoms with van der Waals surface area (Å²) in [7, 11) is -3.77. The molecule has 2 aromatic rings. The average Bonchev–Trinajstić information content (AvgIpc) is 3.53. The third kappa shape index (κ3) is 3.87. The number of nitrogens with zero attached hydrogens (tertiary/aromatic N) is 3. The first-order valence-electron chi connectivity index (χ1n) is 10.5. The van der Waals surface area contributed by atoms with E-state index in [9.17, 15) is 17.6 Å². The molecule has 2 aliphatic heterocycles. The van der Waals surface area contributed by atoms with Gasteiger partial charge in [-0.1, -0.05) is 15.9 Å². The van der Waals surface area contributed by atoms with Gasteiger partial charge >= 0.3 is 0 Å². The lowest BCUT2D eigenvalue weighted by atomic mass is 10.2. The first-order chi connectivity index (χ1) is 14.8. The predicted octanol–water partition coefficient (Wildman–Crippen LogP) is 3.40. The minimum Gasteiger partial charge on any atom is -0.369 e. The number of anilines is 2. The Kier molecular flexibility index (Phi) is 5.30. The van der Waals surface area contributed by atoms with E-state index >= 15 is 0 Å². The molecule has 31 heavy (non-hydrogen) atoms. The maximum atomic E-state index is 13.6. The Balaban J connectivity index is 1.41. The van der Waals surface area contributed by atoms with E-state index in [4.69, 9.17) is 0 Å². The van der Waals surface area contributed by atoms with Crippen LogP contribution in [0.1, 0.15) is 18.4 Å². The molecule has 2 fully saturated rings. The zero-order valence-electron chi connectivity index (χ0n) is 16.9. The second-order valence-corrected chi connectivity index (χ2v) is 11.1. The maximum Gasteiger partial charge on any atom is 0.245 e. The third-order valence-electron chi connectivity index (χ3n) is 6.23. The Morgan fingerprint density at radius 1 is 1.00 bits per heavy atom. The van der Waals surface area contributed by atoms with E-state index in [1.807, 2.05) is 6.07 Å². The molecule has 0 radical (unpaired) electrons. The molecule has 2 aromatic carbocycles. The SMILES string of the molecule is O=C(C1CC1)N1CCc2cc(Br)cc(S(=O)(=O)N3CCN(c4ccc(F)cc4)CC3)c21. The van der Waals surface area contributed by atoms with Crippen LogP contribution in [0.5, 0.6) is 0 Å². The van der Waals surface area contributed by atoms with Crippen LogP contribution in [0, 0.1) is 11.7 Å². The minimum atomic E-state index is -3.77. The first kappa shape index (κ1) is 20.9. The van der Waals surface area contributed by atoms with Crippen molar-refractivity contribution in [2.24, 2.45) is 5.92 Å². The van der Waals surface area contributed by atoms with Crippen LogP contribution in [-0.4, -0.2) is 51.4 Å². The van der Waals surface area contributed by atoms with Gasteiger partial charge in [0.05, 0.1) is 5.69 Å². The molecule has 1 amide bonds. The van der Waals surface area contributed by atoms with Gasteiger partial charge in [-0.3, -0.25) is 4.79 Å². The van der Waals surface area contributed by atoms with Gasteiger partial charge in [-0.2, -0.15) is 4.31 Å². The molecule has 6 nitrogen and oxygen atoms in total. The second kappa shape index (κ2) is 7.86. The number of amides is 1. The fraction of sp³-hybridized carbons (Fsp3) is 0.409. The summed E-state index contributed by atoms with van der Waals surface area (Å²) in [4.78, 5) is 16.8. The molecule has 164 valence electrons. The van der Waals surface area contributed by atoms with Gasteiger partial charge in [-0.05, 0) is 61.2 Å². The van der Waals surface area contributed by atoms with E-state index in [1.165, 1.54) is 16.4 Å². The van der Waals surface area contributed by atoms with Gasteiger partial charge in [-0.15, -0.1) is 0 Å². The monoisotopic (exact) mass is 507 g/mol. The summed E-state index contributed by atoms with van der Waals surface area (Å²) < 4.78 is 42.7. The molecular weight excluding hydrogens is 485 g/mol. The van der Waals surface area contributed by atoms with Crippen LogP contribution in [-0.2, 0) is 21.2 Å². The highest BCUT2D eigenvalue weighted by Gasteiger charge is 2.40. The molecule has 0 N–H and O–H groups in total. The molecule has 5 rings (SSSR count). The highest BCUT2D eigenvalue weighted by atomic mass is 79.9. The molecule has 1 aliphatic carbocycles. The van der Waals surface area contributed by atoms with Gasteiger partial charge in [0.1, 0.15) is 10.7 Å². The Labute approximate surface area is 189 Å². The summed E-state index contributed by atoms with van der Waals surface area (Å²) in [6.07, 6.45) is 2.43. The maximum absolute atomic E-state index is 13.6. The number of carbonyl (C=O) groups excluding carboxylic acids is 1. The number of carbonyl (C=O) groups is 1. The van der Waals surface area contributed by atoms with Gasteiger partial charge in [-0.25, -0.2) is 12.8 Å². The van der Waals surface area contributed by atoms with Crippen molar-refractivity contribution in [1.82, 2.24) is 4.31 Å². The van der Waals surface area contributed by atoms with Crippen molar-refractivity contribution in [2.45, 2.75) is 24.2 Å². The summed E-state index contributed by atoms with van der Waals surface area (Å²) in [5.41, 5.74) is 2.33. The van der Waals surface area contributed by atoms with Crippen molar-refractivity contribution < 1.29 is 17.6 Å². The van der Waals surface area contributed by atoms with E-state index < -0.39 is 10.0 Å². The topological polar surface area (TPSA) is 60.9 Å². The fourth-order valence-electron chi connectivity index (χ4n) is 4.41. The quantitative estimate of drug-likeness (QED) is 0.636. The summed E-state index contributed by atoms with van der Waals surface area (Å²) in [5, 5.41) is 0. The van der Waals surface area contributed by atoms with E-state index in [0.717, 1.165) is 24.1 Å². The number of benzene rings is 2. The zero-order valence-corrected chi connectivity index (χ0v) is 19.3. The zero-order chi connectivity index (χ0) is 21.8. The van der Waals surface area contributed by atoms with E-state index in [1.54, 1.807) is 23.1 Å². The van der Waals surface area contributed by atoms with E-state index in [-0.39, 0.29) is 22.5 Å². The molecule has 9 heteroatoms. The van der Waals surface area contributed by atoms with Crippen molar-refractivity contribution in [3.8, 4) is 0 Å². The van der Waals surface area contributed by atoms with Crippen LogP contribution >= 0.6 is 15.9 Å². The van der Waals surface area contributed by atoms with Crippen molar-refractivity contribution in [3.63, 3.8) is 0 Å². The normalized spacial score (nSPS) is 19.5. The molecule has 2 heterocycles. The van der Waals surface area contributed by atoms with Crippen molar-refractivity contribution in [1.29, 1.82) is 0 Å². The van der Waals surface area contributed by atoms with E-state index in [0.29, 0.717) is 49.3 Å². The van der Waals surface area contributed by atoms with Crippen LogP contribution in [0.4, 0.5) is 15.8 Å². The van der Waals surface area contributed by atoms with Gasteiger partial charge in [0, 0.05) is 48.8 Å². The summed E-state index contributed by atoms with van der Waals surface area (Å²) in [6, 6.07) is 9.79. The number of rotatable bonds is 4. The smallest absolute Gasteiger partial charge is 0.245 e. The Morgan fingerprint density at radius 2 is 1.68 bits per heavy atom. The van der Waals surface area contributed by atoms with Crippen molar-refractivity contribution in [3.05, 3.63) is 52.3 Å². The summed E-state index contributed by atoms with van der Waals surface area (Å²) in [5.74, 6) is -0.221. The largest absolute Gasteiger partial charge is 0.369 e. The number of fused-ring (bicyclic) bond motifs is 1. The third-order valence-corrected chi connectivity index (χ3v) is 8.60. The molecule has 0 spiro atoms. The van der Waals surface area contributed by atoms with Gasteiger partial charge in [0.15, 0.2) is 0 Å². The standard InChI is InChI=1S/C22H23BrFN3O3S/c23-17-13-16-7-8-27(22(28)15-1-2-15)21(16)20(14-17)31(29,30)26-11-9-25(10-12-26)19-5-3-18(24)4-6-19/h3-6,13-15H,1-2,7-12H2. The number of hydrogen-bond acceptors (Lipinski definition) is 4. The molecule has 0 unspecified atom stereocenters. The van der Waals surface area contributed by atoms with Crippen LogP contribution in [0.2, 0.25) is 0 Å². The first-order valence-corrected chi connectivity index (χ1v) is 12.7. The lowest BCUT2D eigenvalue weighted by molar-refractivity contribution is -0.119. The van der Waals surface area contributed by atoms with Crippen LogP contribution in [0.25, 0.3) is 0 Å². The number of hydrogen-bond donors (Lipinski definition) is 0. The summed E-state index contributed by atoms with van der Waals surface area (Å²) >= 11 is 3.45. The molecule has 1 saturated carbocycles. The van der Waals surface area contributed by atoms with Crippen LogP contribution < -0.4 is 9.80 Å². The van der Waals surface area contributed by atoms with Gasteiger partial charge in [0.2, 0.25) is 15.9 Å². The molecule has 0 aromatic heterocycles. The number of piperazine rings is 1. The fourth-order valence-corrected chi connectivity index (χ4v) is 6.76. The molecular formula is C22H23BrFN3O3S. The van der Waals surface area contributed by atoms with Crippen molar-refractivity contribution in [2.75, 3.05) is 42.5 Å². The molecule has 0 atom stereocenters. The second-order valence-electron chi connectivity index (χ2n) is 8.29. The van der Waals surface area contributed by atoms with Crippen LogP contribution in [0.3, 0.4) is 0 Å². The molecule has 0 bridgehead atoms. The van der Waals surface area contributed by atoms with Gasteiger partial charge < -0.3 is 9.80 Å². The highest BCUT2D eigenvalue weighted by Crippen LogP contribution is 2.42. The minimum absolute atomic E-state index is 0.0319. The van der Waals surface area contributed by atoms with Gasteiger partial charge in [0.25, 0.3) is 0 Å². The molecule has 1 saturated heterocycles. The molecule has 3 aliphatic rings. The Morgan fingerprint density at radius 3 is 2.32 bits per heavy atom. The summed E-state index contributed by atoms with van der Waals surface area (Å²) in [6.45, 7) is 2.23. The predicted molar refractivity (Wildman–Crippen MR) is 120 cm³/mol. The highest BCUT2D eigenvalue weighted by molar-refractivity contribution is 9.10. The number of sulfonamides is 1. The lowest BCUT2D eigenvalue weighted by Crippen LogP contribution is -2.49. The van der Waals surface area contributed by atoms with E-state index in [2.05, 4.69) is 20.8 Å². The Hall–Kier alpha value is -1.97. The van der Waals surface area contributed by atoms with Crippen LogP contribution in [0.15, 0.2) is 45.8 Å². The lowest BCUT2D eigenvalue weighted by Gasteiger charge is -2.36. The number of halogens is 2. The Bertz CT molecular complexity index is 1130.